The molecule has 1 heterocycles. The summed E-state index contributed by atoms with van der Waals surface area (Å²) in [6.45, 7) is 1.65. The predicted molar refractivity (Wildman–Crippen MR) is 121 cm³/mol. The normalized spacial score (nSPS) is 18.8. The van der Waals surface area contributed by atoms with Gasteiger partial charge in [-0.15, -0.1) is 0 Å². The van der Waals surface area contributed by atoms with Crippen LogP contribution in [0.4, 0.5) is 13.2 Å². The highest BCUT2D eigenvalue weighted by atomic mass is 35.5. The molecule has 3 aromatic rings. The van der Waals surface area contributed by atoms with Gasteiger partial charge >= 0.3 is 12.1 Å². The zero-order chi connectivity index (χ0) is 24.1. The lowest BCUT2D eigenvalue weighted by atomic mass is 10.1. The molecule has 2 aromatic carbocycles. The number of aliphatic carboxylic acids is 1. The number of benzene rings is 2. The Morgan fingerprint density at radius 2 is 1.94 bits per heavy atom. The third kappa shape index (κ3) is 4.66. The van der Waals surface area contributed by atoms with Gasteiger partial charge < -0.3 is 14.4 Å². The summed E-state index contributed by atoms with van der Waals surface area (Å²) < 4.78 is 47.5. The van der Waals surface area contributed by atoms with E-state index in [1.165, 1.54) is 0 Å². The van der Waals surface area contributed by atoms with Crippen LogP contribution in [0, 0.1) is 12.8 Å². The van der Waals surface area contributed by atoms with E-state index in [1.54, 1.807) is 30.7 Å². The van der Waals surface area contributed by atoms with Gasteiger partial charge in [-0.25, -0.2) is 0 Å². The topological polar surface area (TPSA) is 51.5 Å². The quantitative estimate of drug-likeness (QED) is 0.409. The van der Waals surface area contributed by atoms with Crippen molar-refractivity contribution in [3.8, 4) is 5.75 Å². The van der Waals surface area contributed by atoms with Crippen molar-refractivity contribution in [3.05, 3.63) is 62.8 Å². The zero-order valence-electron chi connectivity index (χ0n) is 18.0. The van der Waals surface area contributed by atoms with E-state index in [4.69, 9.17) is 27.9 Å². The van der Waals surface area contributed by atoms with Crippen LogP contribution in [0.25, 0.3) is 10.9 Å². The van der Waals surface area contributed by atoms with Gasteiger partial charge in [0, 0.05) is 35.1 Å². The van der Waals surface area contributed by atoms with E-state index in [0.717, 1.165) is 23.2 Å². The molecule has 1 aliphatic rings. The molecule has 0 amide bonds. The molecule has 176 valence electrons. The Bertz CT molecular complexity index is 1240. The summed E-state index contributed by atoms with van der Waals surface area (Å²) in [6.07, 6.45) is -2.81. The van der Waals surface area contributed by atoms with Crippen LogP contribution < -0.4 is 4.74 Å². The van der Waals surface area contributed by atoms with Crippen molar-refractivity contribution in [2.45, 2.75) is 44.9 Å². The molecule has 4 nitrogen and oxygen atoms in total. The van der Waals surface area contributed by atoms with Crippen molar-refractivity contribution < 1.29 is 27.8 Å². The highest BCUT2D eigenvalue weighted by Gasteiger charge is 2.33. The van der Waals surface area contributed by atoms with Gasteiger partial charge in [0.15, 0.2) is 0 Å². The Hall–Kier alpha value is -2.38. The predicted octanol–water partition coefficient (Wildman–Crippen LogP) is 7.04. The first-order valence-corrected chi connectivity index (χ1v) is 11.2. The average molecular weight is 500 g/mol. The molecular formula is C24H22Cl2F3NO3. The van der Waals surface area contributed by atoms with Crippen LogP contribution in [-0.4, -0.2) is 21.7 Å². The fourth-order valence-corrected chi connectivity index (χ4v) is 5.01. The van der Waals surface area contributed by atoms with Crippen LogP contribution in [0.15, 0.2) is 30.3 Å². The van der Waals surface area contributed by atoms with Crippen molar-refractivity contribution >= 4 is 40.1 Å². The maximum absolute atomic E-state index is 13.3. The standard InChI is InChI=1S/C24H22Cl2F3NO3/c1-12-7-14(24(27,28)29)9-20-17(12)10-15(30(20)2)11-18-19(25)5-6-21(22(18)26)33-16-4-3-13(8-16)23(31)32/h5-7,9-10,13,16H,3-4,8,11H2,1-2H3,(H,31,32)/t13-,16+/m0/s1. The molecular weight excluding hydrogens is 478 g/mol. The summed E-state index contributed by atoms with van der Waals surface area (Å²) >= 11 is 13.0. The Balaban J connectivity index is 1.65. The lowest BCUT2D eigenvalue weighted by Gasteiger charge is -2.17. The number of hydrogen-bond donors (Lipinski definition) is 1. The Labute approximate surface area is 198 Å². The Morgan fingerprint density at radius 3 is 2.58 bits per heavy atom. The van der Waals surface area contributed by atoms with Crippen molar-refractivity contribution in [1.29, 1.82) is 0 Å². The average Bonchev–Trinajstić information content (AvgIpc) is 3.32. The van der Waals surface area contributed by atoms with E-state index < -0.39 is 23.6 Å². The maximum atomic E-state index is 13.3. The fourth-order valence-electron chi connectivity index (χ4n) is 4.46. The maximum Gasteiger partial charge on any atom is 0.416 e. The van der Waals surface area contributed by atoms with Crippen molar-refractivity contribution in [1.82, 2.24) is 4.57 Å². The van der Waals surface area contributed by atoms with Crippen molar-refractivity contribution in [2.75, 3.05) is 0 Å². The molecule has 1 fully saturated rings. The minimum Gasteiger partial charge on any atom is -0.489 e. The molecule has 0 radical (unpaired) electrons. The van der Waals surface area contributed by atoms with E-state index in [2.05, 4.69) is 0 Å². The summed E-state index contributed by atoms with van der Waals surface area (Å²) in [6, 6.07) is 7.46. The van der Waals surface area contributed by atoms with Gasteiger partial charge in [-0.2, -0.15) is 13.2 Å². The second-order valence-electron chi connectivity index (χ2n) is 8.52. The molecule has 2 atom stereocenters. The number of carboxylic acids is 1. The van der Waals surface area contributed by atoms with Crippen molar-refractivity contribution in [2.24, 2.45) is 13.0 Å². The van der Waals surface area contributed by atoms with Gasteiger partial charge in [-0.1, -0.05) is 23.2 Å². The number of hydrogen-bond acceptors (Lipinski definition) is 2. The fraction of sp³-hybridized carbons (Fsp3) is 0.375. The van der Waals surface area contributed by atoms with Gasteiger partial charge in [-0.3, -0.25) is 4.79 Å². The van der Waals surface area contributed by atoms with Gasteiger partial charge in [0.1, 0.15) is 5.75 Å². The lowest BCUT2D eigenvalue weighted by Crippen LogP contribution is -2.16. The monoisotopic (exact) mass is 499 g/mol. The molecule has 0 unspecified atom stereocenters. The molecule has 0 bridgehead atoms. The summed E-state index contributed by atoms with van der Waals surface area (Å²) in [4.78, 5) is 11.2. The number of aryl methyl sites for hydroxylation is 2. The number of ether oxygens (including phenoxy) is 1. The van der Waals surface area contributed by atoms with Gasteiger partial charge in [0.25, 0.3) is 0 Å². The van der Waals surface area contributed by atoms with Crippen LogP contribution in [-0.2, 0) is 24.4 Å². The molecule has 1 aliphatic carbocycles. The van der Waals surface area contributed by atoms with Gasteiger partial charge in [-0.05, 0) is 67.6 Å². The second-order valence-corrected chi connectivity index (χ2v) is 9.31. The Kier molecular flexibility index (Phi) is 6.31. The number of fused-ring (bicyclic) bond motifs is 1. The van der Waals surface area contributed by atoms with Gasteiger partial charge in [0.05, 0.1) is 22.6 Å². The first kappa shape index (κ1) is 23.8. The second kappa shape index (κ2) is 8.76. The molecule has 9 heteroatoms. The number of aromatic nitrogens is 1. The summed E-state index contributed by atoms with van der Waals surface area (Å²) in [5.41, 5.74) is 1.67. The van der Waals surface area contributed by atoms with E-state index >= 15 is 0 Å². The van der Waals surface area contributed by atoms with E-state index in [1.807, 2.05) is 6.07 Å². The molecule has 1 N–H and O–H groups in total. The third-order valence-electron chi connectivity index (χ3n) is 6.33. The van der Waals surface area contributed by atoms with E-state index in [-0.39, 0.29) is 6.10 Å². The number of nitrogens with zero attached hydrogens (tertiary/aromatic N) is 1. The van der Waals surface area contributed by atoms with Crippen LogP contribution in [0.3, 0.4) is 0 Å². The summed E-state index contributed by atoms with van der Waals surface area (Å²) in [5, 5.41) is 10.7. The minimum atomic E-state index is -4.43. The first-order chi connectivity index (χ1) is 15.5. The number of alkyl halides is 3. The summed E-state index contributed by atoms with van der Waals surface area (Å²) in [7, 11) is 1.71. The summed E-state index contributed by atoms with van der Waals surface area (Å²) in [5.74, 6) is -0.841. The van der Waals surface area contributed by atoms with E-state index in [9.17, 15) is 23.1 Å². The number of carbonyl (C=O) groups is 1. The zero-order valence-corrected chi connectivity index (χ0v) is 19.5. The molecule has 4 rings (SSSR count). The largest absolute Gasteiger partial charge is 0.489 e. The SMILES string of the molecule is Cc1cc(C(F)(F)F)cc2c1cc(Cc1c(Cl)ccc(O[C@@H]3CC[C@H](C(=O)O)C3)c1Cl)n2C. The highest BCUT2D eigenvalue weighted by molar-refractivity contribution is 6.37. The minimum absolute atomic E-state index is 0.251. The van der Waals surface area contributed by atoms with E-state index in [0.29, 0.717) is 58.1 Å². The first-order valence-electron chi connectivity index (χ1n) is 10.5. The molecule has 0 saturated heterocycles. The number of carboxylic acid groups (broad SMARTS) is 1. The van der Waals surface area contributed by atoms with Gasteiger partial charge in [0.2, 0.25) is 0 Å². The van der Waals surface area contributed by atoms with Crippen LogP contribution in [0.5, 0.6) is 5.75 Å². The van der Waals surface area contributed by atoms with Crippen LogP contribution in [0.1, 0.15) is 41.6 Å². The Morgan fingerprint density at radius 1 is 1.21 bits per heavy atom. The molecule has 1 aromatic heterocycles. The lowest BCUT2D eigenvalue weighted by molar-refractivity contribution is -0.141. The highest BCUT2D eigenvalue weighted by Crippen LogP contribution is 2.39. The third-order valence-corrected chi connectivity index (χ3v) is 7.10. The van der Waals surface area contributed by atoms with Crippen molar-refractivity contribution in [3.63, 3.8) is 0 Å². The molecule has 0 spiro atoms. The molecule has 33 heavy (non-hydrogen) atoms. The number of halogens is 5. The molecule has 1 saturated carbocycles. The van der Waals surface area contributed by atoms with Crippen LogP contribution in [0.2, 0.25) is 10.0 Å². The molecule has 0 aliphatic heterocycles. The van der Waals surface area contributed by atoms with Crippen LogP contribution >= 0.6 is 23.2 Å². The number of rotatable bonds is 5. The smallest absolute Gasteiger partial charge is 0.416 e.